The van der Waals surface area contributed by atoms with Crippen LogP contribution in [0.25, 0.3) is 11.0 Å². The van der Waals surface area contributed by atoms with E-state index in [9.17, 15) is 4.79 Å². The van der Waals surface area contributed by atoms with Crippen LogP contribution in [0.1, 0.15) is 10.4 Å². The first kappa shape index (κ1) is 11.7. The van der Waals surface area contributed by atoms with E-state index in [0.29, 0.717) is 10.6 Å². The summed E-state index contributed by atoms with van der Waals surface area (Å²) in [4.78, 5) is 13.4. The van der Waals surface area contributed by atoms with Gasteiger partial charge in [0.1, 0.15) is 11.0 Å². The molecular formula is C13H9ClN4O. The van der Waals surface area contributed by atoms with Crippen LogP contribution in [0.4, 0.5) is 0 Å². The minimum atomic E-state index is -0.271. The third-order valence-electron chi connectivity index (χ3n) is 2.67. The lowest BCUT2D eigenvalue weighted by molar-refractivity contribution is 0.101. The second kappa shape index (κ2) is 4.70. The topological polar surface area (TPSA) is 59.8 Å². The van der Waals surface area contributed by atoms with Crippen LogP contribution in [0.3, 0.4) is 0 Å². The highest BCUT2D eigenvalue weighted by Gasteiger charge is 2.09. The van der Waals surface area contributed by atoms with Gasteiger partial charge < -0.3 is 0 Å². The Hall–Kier alpha value is -2.40. The predicted octanol–water partition coefficient (Wildman–Crippen LogP) is 2.47. The van der Waals surface area contributed by atoms with Crippen LogP contribution in [-0.2, 0) is 0 Å². The zero-order chi connectivity index (χ0) is 13.2. The van der Waals surface area contributed by atoms with Gasteiger partial charge in [-0.2, -0.15) is 4.79 Å². The molecule has 0 unspecified atom stereocenters. The zero-order valence-electron chi connectivity index (χ0n) is 9.75. The third kappa shape index (κ3) is 2.28. The summed E-state index contributed by atoms with van der Waals surface area (Å²) in [5.74, 6) is -0.271. The lowest BCUT2D eigenvalue weighted by Gasteiger charge is -2.05. The Morgan fingerprint density at radius 2 is 1.84 bits per heavy atom. The van der Waals surface area contributed by atoms with Crippen molar-refractivity contribution in [3.05, 3.63) is 59.1 Å². The normalized spacial score (nSPS) is 10.6. The summed E-state index contributed by atoms with van der Waals surface area (Å²) in [6, 6.07) is 14.0. The van der Waals surface area contributed by atoms with Crippen molar-refractivity contribution in [2.75, 3.05) is 5.43 Å². The minimum Gasteiger partial charge on any atom is -0.267 e. The Balaban J connectivity index is 1.89. The summed E-state index contributed by atoms with van der Waals surface area (Å²) in [6.45, 7) is 0. The highest BCUT2D eigenvalue weighted by molar-refractivity contribution is 6.30. The van der Waals surface area contributed by atoms with Crippen molar-refractivity contribution < 1.29 is 4.79 Å². The Labute approximate surface area is 113 Å². The molecule has 0 atom stereocenters. The van der Waals surface area contributed by atoms with Crippen LogP contribution in [0, 0.1) is 0 Å². The van der Waals surface area contributed by atoms with E-state index in [-0.39, 0.29) is 5.91 Å². The van der Waals surface area contributed by atoms with Gasteiger partial charge in [0, 0.05) is 10.6 Å². The number of nitrogens with one attached hydrogen (secondary N) is 1. The van der Waals surface area contributed by atoms with E-state index in [1.165, 1.54) is 4.79 Å². The van der Waals surface area contributed by atoms with Crippen molar-refractivity contribution in [1.82, 2.24) is 15.1 Å². The van der Waals surface area contributed by atoms with Gasteiger partial charge in [-0.15, -0.1) is 5.10 Å². The van der Waals surface area contributed by atoms with Gasteiger partial charge >= 0.3 is 0 Å². The van der Waals surface area contributed by atoms with Gasteiger partial charge in [0.05, 0.1) is 0 Å². The molecule has 0 spiro atoms. The van der Waals surface area contributed by atoms with Crippen molar-refractivity contribution in [2.45, 2.75) is 0 Å². The maximum absolute atomic E-state index is 12.0. The van der Waals surface area contributed by atoms with Gasteiger partial charge in [-0.25, -0.2) is 5.43 Å². The highest BCUT2D eigenvalue weighted by Crippen LogP contribution is 2.11. The Morgan fingerprint density at radius 3 is 2.63 bits per heavy atom. The first-order chi connectivity index (χ1) is 9.24. The molecule has 1 heterocycles. The molecule has 1 amide bonds. The number of rotatable bonds is 2. The number of carbonyl (C=O) groups excluding carboxylic acids is 1. The fraction of sp³-hybridized carbons (Fsp3) is 0. The number of benzene rings is 2. The van der Waals surface area contributed by atoms with Gasteiger partial charge in [-0.1, -0.05) is 23.7 Å². The summed E-state index contributed by atoms with van der Waals surface area (Å²) in [5, 5.41) is 8.43. The number of carbonyl (C=O) groups is 1. The van der Waals surface area contributed by atoms with E-state index in [2.05, 4.69) is 15.7 Å². The van der Waals surface area contributed by atoms with Crippen LogP contribution in [0.5, 0.6) is 0 Å². The molecule has 0 saturated carbocycles. The highest BCUT2D eigenvalue weighted by atomic mass is 35.5. The second-order valence-electron chi connectivity index (χ2n) is 3.94. The largest absolute Gasteiger partial charge is 0.271 e. The molecule has 1 N–H and O–H groups in total. The molecule has 2 aromatic carbocycles. The molecule has 3 aromatic rings. The quantitative estimate of drug-likeness (QED) is 0.780. The van der Waals surface area contributed by atoms with E-state index >= 15 is 0 Å². The Kier molecular flexibility index (Phi) is 2.89. The van der Waals surface area contributed by atoms with Crippen molar-refractivity contribution in [3.8, 4) is 0 Å². The van der Waals surface area contributed by atoms with Crippen LogP contribution in [-0.4, -0.2) is 21.0 Å². The van der Waals surface area contributed by atoms with Crippen LogP contribution in [0.15, 0.2) is 48.5 Å². The van der Waals surface area contributed by atoms with Crippen LogP contribution < -0.4 is 5.43 Å². The number of amides is 1. The third-order valence-corrected chi connectivity index (χ3v) is 2.92. The van der Waals surface area contributed by atoms with Gasteiger partial charge in [0.2, 0.25) is 0 Å². The number of fused-ring (bicyclic) bond motifs is 1. The molecule has 0 bridgehead atoms. The molecule has 0 saturated heterocycles. The minimum absolute atomic E-state index is 0.271. The predicted molar refractivity (Wildman–Crippen MR) is 72.7 cm³/mol. The monoisotopic (exact) mass is 272 g/mol. The smallest absolute Gasteiger partial charge is 0.267 e. The van der Waals surface area contributed by atoms with Crippen LogP contribution >= 0.6 is 11.6 Å². The number of nitrogens with zero attached hydrogens (tertiary/aromatic N) is 3. The SMILES string of the molecule is O=C(Nn1nnc2ccccc21)c1ccc(Cl)cc1. The average molecular weight is 273 g/mol. The molecule has 0 aliphatic rings. The maximum atomic E-state index is 12.0. The van der Waals surface area contributed by atoms with E-state index in [4.69, 9.17) is 11.6 Å². The molecule has 3 rings (SSSR count). The zero-order valence-corrected chi connectivity index (χ0v) is 10.5. The second-order valence-corrected chi connectivity index (χ2v) is 4.37. The van der Waals surface area contributed by atoms with Gasteiger partial charge in [-0.05, 0) is 41.6 Å². The number of aromatic nitrogens is 3. The van der Waals surface area contributed by atoms with Crippen molar-refractivity contribution >= 4 is 28.5 Å². The molecule has 0 fully saturated rings. The van der Waals surface area contributed by atoms with Crippen molar-refractivity contribution in [1.29, 1.82) is 0 Å². The maximum Gasteiger partial charge on any atom is 0.271 e. The van der Waals surface area contributed by atoms with Crippen molar-refractivity contribution in [2.24, 2.45) is 0 Å². The summed E-state index contributed by atoms with van der Waals surface area (Å²) in [6.07, 6.45) is 0. The number of para-hydroxylation sites is 1. The van der Waals surface area contributed by atoms with Gasteiger partial charge in [-0.3, -0.25) is 4.79 Å². The molecule has 0 radical (unpaired) electrons. The van der Waals surface area contributed by atoms with E-state index in [0.717, 1.165) is 11.0 Å². The number of halogens is 1. The molecule has 19 heavy (non-hydrogen) atoms. The summed E-state index contributed by atoms with van der Waals surface area (Å²) >= 11 is 5.78. The number of hydrogen-bond donors (Lipinski definition) is 1. The fourth-order valence-electron chi connectivity index (χ4n) is 1.71. The molecule has 0 aliphatic heterocycles. The first-order valence-electron chi connectivity index (χ1n) is 5.61. The van der Waals surface area contributed by atoms with E-state index in [1.54, 1.807) is 24.3 Å². The fourth-order valence-corrected chi connectivity index (χ4v) is 1.84. The standard InChI is InChI=1S/C13H9ClN4O/c14-10-7-5-9(6-8-10)13(19)16-18-12-4-2-1-3-11(12)15-17-18/h1-8H,(H,16,19). The molecule has 94 valence electrons. The van der Waals surface area contributed by atoms with Gasteiger partial charge in [0.15, 0.2) is 0 Å². The lowest BCUT2D eigenvalue weighted by atomic mass is 10.2. The molecule has 0 aliphatic carbocycles. The number of hydrogen-bond acceptors (Lipinski definition) is 3. The lowest BCUT2D eigenvalue weighted by Crippen LogP contribution is -2.23. The summed E-state index contributed by atoms with van der Waals surface area (Å²) < 4.78 is 0. The van der Waals surface area contributed by atoms with Gasteiger partial charge in [0.25, 0.3) is 5.91 Å². The van der Waals surface area contributed by atoms with E-state index in [1.807, 2.05) is 24.3 Å². The molecular weight excluding hydrogens is 264 g/mol. The van der Waals surface area contributed by atoms with Crippen molar-refractivity contribution in [3.63, 3.8) is 0 Å². The first-order valence-corrected chi connectivity index (χ1v) is 5.99. The molecule has 6 heteroatoms. The Bertz CT molecular complexity index is 736. The molecule has 1 aromatic heterocycles. The summed E-state index contributed by atoms with van der Waals surface area (Å²) in [5.41, 5.74) is 4.63. The van der Waals surface area contributed by atoms with Crippen LogP contribution in [0.2, 0.25) is 5.02 Å². The van der Waals surface area contributed by atoms with E-state index < -0.39 is 0 Å². The average Bonchev–Trinajstić information content (AvgIpc) is 2.83. The molecule has 5 nitrogen and oxygen atoms in total. The Morgan fingerprint density at radius 1 is 1.11 bits per heavy atom. The summed E-state index contributed by atoms with van der Waals surface area (Å²) in [7, 11) is 0.